The Morgan fingerprint density at radius 2 is 1.69 bits per heavy atom. The van der Waals surface area contributed by atoms with Crippen molar-refractivity contribution in [1.82, 2.24) is 0 Å². The smallest absolute Gasteiger partial charge is 0.269 e. The molecule has 1 aromatic heterocycles. The van der Waals surface area contributed by atoms with E-state index in [0.717, 1.165) is 57.6 Å². The lowest BCUT2D eigenvalue weighted by Gasteiger charge is -2.19. The fraction of sp³-hybridized carbons (Fsp3) is 0.192. The highest BCUT2D eigenvalue weighted by molar-refractivity contribution is 6.02. The van der Waals surface area contributed by atoms with Crippen molar-refractivity contribution in [2.45, 2.75) is 13.0 Å². The van der Waals surface area contributed by atoms with E-state index in [2.05, 4.69) is 22.9 Å². The summed E-state index contributed by atoms with van der Waals surface area (Å²) in [5.41, 5.74) is 5.17. The van der Waals surface area contributed by atoms with Gasteiger partial charge in [-0.05, 0) is 47.0 Å². The topological polar surface area (TPSA) is 83.9 Å². The molecule has 4 aromatic rings. The Morgan fingerprint density at radius 3 is 2.37 bits per heavy atom. The number of nitrogens with zero attached hydrogens (tertiary/aromatic N) is 2. The van der Waals surface area contributed by atoms with Crippen molar-refractivity contribution >= 4 is 16.5 Å². The third-order valence-electron chi connectivity index (χ3n) is 6.51. The van der Waals surface area contributed by atoms with Crippen LogP contribution in [0.4, 0.5) is 5.69 Å². The molecule has 0 aliphatic carbocycles. The first-order valence-corrected chi connectivity index (χ1v) is 10.9. The SMILES string of the molecule is COc1cc(-c2ccc([N+](=O)[O-])cc2)c2cc3[n+](cc2c1OC)CCc1cc2c(cc1-3)OCO2.[Cl-]. The van der Waals surface area contributed by atoms with Crippen molar-refractivity contribution in [3.05, 3.63) is 70.4 Å². The summed E-state index contributed by atoms with van der Waals surface area (Å²) in [4.78, 5) is 10.8. The zero-order chi connectivity index (χ0) is 23.4. The third-order valence-corrected chi connectivity index (χ3v) is 6.51. The van der Waals surface area contributed by atoms with Crippen LogP contribution in [0.5, 0.6) is 23.0 Å². The highest BCUT2D eigenvalue weighted by Gasteiger charge is 2.29. The van der Waals surface area contributed by atoms with E-state index in [0.29, 0.717) is 11.5 Å². The van der Waals surface area contributed by atoms with E-state index in [1.807, 2.05) is 12.1 Å². The van der Waals surface area contributed by atoms with Crippen molar-refractivity contribution in [2.75, 3.05) is 21.0 Å². The molecule has 0 saturated carbocycles. The standard InChI is InChI=1S/C26H21N2O6.ClH/c1-31-25-11-18(15-3-5-17(6-4-15)28(29)30)20-10-22-19-12-24-23(33-14-34-24)9-16(19)7-8-27(22)13-21(20)26(25)32-2;/h3-6,9-13H,7-8,14H2,1-2H3;1H/q+1;/p-1. The molecule has 178 valence electrons. The highest BCUT2D eigenvalue weighted by Crippen LogP contribution is 2.44. The van der Waals surface area contributed by atoms with Crippen LogP contribution < -0.4 is 35.9 Å². The van der Waals surface area contributed by atoms with Gasteiger partial charge >= 0.3 is 0 Å². The number of hydrogen-bond donors (Lipinski definition) is 0. The maximum Gasteiger partial charge on any atom is 0.269 e. The summed E-state index contributed by atoms with van der Waals surface area (Å²) in [7, 11) is 3.23. The van der Waals surface area contributed by atoms with Gasteiger partial charge in [0, 0.05) is 30.0 Å². The number of non-ortho nitro benzene ring substituents is 1. The van der Waals surface area contributed by atoms with Crippen molar-refractivity contribution in [1.29, 1.82) is 0 Å². The van der Waals surface area contributed by atoms with E-state index in [-0.39, 0.29) is 24.9 Å². The molecule has 3 heterocycles. The Morgan fingerprint density at radius 1 is 0.943 bits per heavy atom. The van der Waals surface area contributed by atoms with E-state index in [4.69, 9.17) is 18.9 Å². The maximum atomic E-state index is 11.2. The summed E-state index contributed by atoms with van der Waals surface area (Å²) >= 11 is 0. The number of halogens is 1. The average molecular weight is 493 g/mol. The molecule has 0 spiro atoms. The van der Waals surface area contributed by atoms with Gasteiger partial charge in [0.2, 0.25) is 12.5 Å². The summed E-state index contributed by atoms with van der Waals surface area (Å²) in [6, 6.07) is 14.7. The lowest BCUT2D eigenvalue weighted by atomic mass is 9.92. The number of nitro benzene ring substituents is 1. The van der Waals surface area contributed by atoms with E-state index >= 15 is 0 Å². The molecule has 2 aliphatic rings. The molecule has 0 fully saturated rings. The van der Waals surface area contributed by atoms with E-state index in [9.17, 15) is 10.1 Å². The van der Waals surface area contributed by atoms with Gasteiger partial charge in [0.1, 0.15) is 0 Å². The molecule has 3 aromatic carbocycles. The number of methoxy groups -OCH3 is 2. The summed E-state index contributed by atoms with van der Waals surface area (Å²) in [5.74, 6) is 2.78. The number of benzene rings is 3. The van der Waals surface area contributed by atoms with Gasteiger partial charge in [-0.15, -0.1) is 0 Å². The van der Waals surface area contributed by atoms with Crippen molar-refractivity contribution in [2.24, 2.45) is 0 Å². The van der Waals surface area contributed by atoms with Crippen LogP contribution in [0.1, 0.15) is 5.56 Å². The van der Waals surface area contributed by atoms with Gasteiger partial charge in [0.25, 0.3) is 5.69 Å². The molecule has 0 amide bonds. The zero-order valence-corrected chi connectivity index (χ0v) is 19.8. The normalized spacial score (nSPS) is 13.0. The zero-order valence-electron chi connectivity index (χ0n) is 19.0. The quantitative estimate of drug-likeness (QED) is 0.245. The van der Waals surface area contributed by atoms with Crippen LogP contribution in [0, 0.1) is 10.1 Å². The summed E-state index contributed by atoms with van der Waals surface area (Å²) in [6.45, 7) is 1.04. The van der Waals surface area contributed by atoms with Gasteiger partial charge in [-0.2, -0.15) is 4.57 Å². The van der Waals surface area contributed by atoms with Gasteiger partial charge in [-0.25, -0.2) is 0 Å². The van der Waals surface area contributed by atoms with Crippen molar-refractivity contribution < 1.29 is 40.8 Å². The Bertz CT molecular complexity index is 1490. The average Bonchev–Trinajstić information content (AvgIpc) is 3.32. The van der Waals surface area contributed by atoms with E-state index in [1.165, 1.54) is 17.7 Å². The van der Waals surface area contributed by atoms with Crippen LogP contribution in [0.15, 0.2) is 54.7 Å². The van der Waals surface area contributed by atoms with Gasteiger partial charge in [-0.1, -0.05) is 0 Å². The number of hydrogen-bond acceptors (Lipinski definition) is 6. The number of pyridine rings is 1. The molecule has 9 heteroatoms. The molecule has 8 nitrogen and oxygen atoms in total. The molecule has 35 heavy (non-hydrogen) atoms. The number of aryl methyl sites for hydroxylation is 2. The lowest BCUT2D eigenvalue weighted by Crippen LogP contribution is -3.00. The molecule has 2 aliphatic heterocycles. The predicted octanol–water partition coefficient (Wildman–Crippen LogP) is 1.68. The number of aromatic nitrogens is 1. The Balaban J connectivity index is 0.00000253. The summed E-state index contributed by atoms with van der Waals surface area (Å²) in [6.07, 6.45) is 2.96. The van der Waals surface area contributed by atoms with Gasteiger partial charge in [0.05, 0.1) is 30.1 Å². The molecule has 0 bridgehead atoms. The third kappa shape index (κ3) is 3.57. The molecule has 0 saturated heterocycles. The van der Waals surface area contributed by atoms with Gasteiger partial charge in [0.15, 0.2) is 35.7 Å². The minimum atomic E-state index is -0.398. The van der Waals surface area contributed by atoms with Crippen LogP contribution in [0.2, 0.25) is 0 Å². The number of ether oxygens (including phenoxy) is 4. The largest absolute Gasteiger partial charge is 1.00 e. The summed E-state index contributed by atoms with van der Waals surface area (Å²) in [5, 5.41) is 13.0. The fourth-order valence-electron chi connectivity index (χ4n) is 4.85. The van der Waals surface area contributed by atoms with Crippen LogP contribution in [0.3, 0.4) is 0 Å². The second-order valence-corrected chi connectivity index (χ2v) is 8.26. The monoisotopic (exact) mass is 492 g/mol. The maximum absolute atomic E-state index is 11.2. The van der Waals surface area contributed by atoms with Crippen LogP contribution >= 0.6 is 0 Å². The first kappa shape index (κ1) is 22.7. The Labute approximate surface area is 207 Å². The minimum Gasteiger partial charge on any atom is -1.00 e. The molecule has 6 rings (SSSR count). The van der Waals surface area contributed by atoms with Crippen LogP contribution in [-0.4, -0.2) is 25.9 Å². The first-order chi connectivity index (χ1) is 16.6. The minimum absolute atomic E-state index is 0. The molecular weight excluding hydrogens is 472 g/mol. The molecule has 0 atom stereocenters. The Hall–Kier alpha value is -4.04. The number of nitro groups is 1. The lowest BCUT2D eigenvalue weighted by molar-refractivity contribution is -0.686. The number of fused-ring (bicyclic) bond motifs is 5. The van der Waals surface area contributed by atoms with Crippen LogP contribution in [-0.2, 0) is 13.0 Å². The molecule has 0 radical (unpaired) electrons. The van der Waals surface area contributed by atoms with Crippen molar-refractivity contribution in [3.8, 4) is 45.4 Å². The van der Waals surface area contributed by atoms with Gasteiger partial charge in [-0.3, -0.25) is 10.1 Å². The molecular formula is C26H21ClN2O6. The predicted molar refractivity (Wildman–Crippen MR) is 125 cm³/mol. The van der Waals surface area contributed by atoms with Crippen molar-refractivity contribution in [3.63, 3.8) is 0 Å². The van der Waals surface area contributed by atoms with E-state index < -0.39 is 4.92 Å². The number of rotatable bonds is 4. The highest BCUT2D eigenvalue weighted by atomic mass is 35.5. The van der Waals surface area contributed by atoms with Crippen LogP contribution in [0.25, 0.3) is 33.2 Å². The molecule has 0 unspecified atom stereocenters. The summed E-state index contributed by atoms with van der Waals surface area (Å²) < 4.78 is 24.8. The second kappa shape index (κ2) is 8.63. The Kier molecular flexibility index (Phi) is 5.61. The van der Waals surface area contributed by atoms with E-state index in [1.54, 1.807) is 26.4 Å². The molecule has 0 N–H and O–H groups in total. The van der Waals surface area contributed by atoms with Gasteiger partial charge < -0.3 is 31.4 Å². The first-order valence-electron chi connectivity index (χ1n) is 10.9. The fourth-order valence-corrected chi connectivity index (χ4v) is 4.85. The second-order valence-electron chi connectivity index (χ2n) is 8.26.